The minimum atomic E-state index is -3.57. The van der Waals surface area contributed by atoms with Gasteiger partial charge in [-0.15, -0.1) is 0 Å². The van der Waals surface area contributed by atoms with Gasteiger partial charge in [0, 0.05) is 11.4 Å². The van der Waals surface area contributed by atoms with Crippen LogP contribution >= 0.6 is 11.6 Å². The van der Waals surface area contributed by atoms with Gasteiger partial charge < -0.3 is 14.8 Å². The number of carbonyl (C=O) groups is 1. The largest absolute Gasteiger partial charge is 0.497 e. The molecule has 0 saturated heterocycles. The molecule has 0 saturated carbocycles. The number of rotatable bonds is 8. The quantitative estimate of drug-likeness (QED) is 0.497. The summed E-state index contributed by atoms with van der Waals surface area (Å²) in [4.78, 5) is 12.6. The summed E-state index contributed by atoms with van der Waals surface area (Å²) in [6, 6.07) is 18.3. The van der Waals surface area contributed by atoms with Crippen LogP contribution in [0.15, 0.2) is 71.6 Å². The maximum absolute atomic E-state index is 12.5. The predicted octanol–water partition coefficient (Wildman–Crippen LogP) is 5.25. The van der Waals surface area contributed by atoms with Crippen LogP contribution in [-0.2, 0) is 14.6 Å². The molecule has 0 fully saturated rings. The van der Waals surface area contributed by atoms with Gasteiger partial charge in [0.15, 0.2) is 15.6 Å². The van der Waals surface area contributed by atoms with Crippen molar-refractivity contribution in [2.45, 2.75) is 18.2 Å². The van der Waals surface area contributed by atoms with E-state index in [1.807, 2.05) is 6.92 Å². The number of carbonyl (C=O) groups excluding carboxylic acids is 1. The second-order valence-electron chi connectivity index (χ2n) is 6.85. The molecule has 31 heavy (non-hydrogen) atoms. The molecule has 0 bridgehead atoms. The Bertz CT molecular complexity index is 1160. The molecule has 0 atom stereocenters. The van der Waals surface area contributed by atoms with Gasteiger partial charge in [-0.05, 0) is 61.5 Å². The van der Waals surface area contributed by atoms with Gasteiger partial charge in [-0.2, -0.15) is 0 Å². The first-order valence-electron chi connectivity index (χ1n) is 9.47. The third-order valence-electron chi connectivity index (χ3n) is 4.48. The summed E-state index contributed by atoms with van der Waals surface area (Å²) in [6.07, 6.45) is -0.204. The van der Waals surface area contributed by atoms with Crippen LogP contribution in [0.25, 0.3) is 0 Å². The van der Waals surface area contributed by atoms with Crippen LogP contribution in [0.1, 0.15) is 12.0 Å². The monoisotopic (exact) mass is 459 g/mol. The fourth-order valence-corrected chi connectivity index (χ4v) is 4.18. The fraction of sp³-hybridized carbons (Fsp3) is 0.174. The number of anilines is 1. The Labute approximate surface area is 186 Å². The molecule has 1 N–H and O–H groups in total. The van der Waals surface area contributed by atoms with Crippen LogP contribution in [0.3, 0.4) is 0 Å². The van der Waals surface area contributed by atoms with Crippen molar-refractivity contribution in [2.75, 3.05) is 18.2 Å². The zero-order valence-electron chi connectivity index (χ0n) is 17.1. The highest BCUT2D eigenvalue weighted by molar-refractivity contribution is 7.91. The van der Waals surface area contributed by atoms with Crippen LogP contribution < -0.4 is 14.8 Å². The molecule has 0 unspecified atom stereocenters. The molecule has 3 aromatic rings. The lowest BCUT2D eigenvalue weighted by molar-refractivity contribution is -0.115. The lowest BCUT2D eigenvalue weighted by Crippen LogP contribution is -2.17. The third-order valence-corrected chi connectivity index (χ3v) is 6.45. The smallest absolute Gasteiger partial charge is 0.225 e. The van der Waals surface area contributed by atoms with E-state index in [2.05, 4.69) is 5.32 Å². The molecule has 3 aromatic carbocycles. The molecular formula is C23H22ClNO5S. The second-order valence-corrected chi connectivity index (χ2v) is 9.39. The van der Waals surface area contributed by atoms with E-state index in [-0.39, 0.29) is 17.1 Å². The zero-order valence-corrected chi connectivity index (χ0v) is 18.7. The van der Waals surface area contributed by atoms with E-state index in [4.69, 9.17) is 21.1 Å². The van der Waals surface area contributed by atoms with Crippen LogP contribution in [0, 0.1) is 6.92 Å². The van der Waals surface area contributed by atoms with Crippen molar-refractivity contribution in [3.63, 3.8) is 0 Å². The van der Waals surface area contributed by atoms with Gasteiger partial charge in [0.1, 0.15) is 11.5 Å². The van der Waals surface area contributed by atoms with Crippen molar-refractivity contribution in [1.82, 2.24) is 0 Å². The average Bonchev–Trinajstić information content (AvgIpc) is 2.75. The van der Waals surface area contributed by atoms with Crippen LogP contribution in [0.4, 0.5) is 5.69 Å². The summed E-state index contributed by atoms with van der Waals surface area (Å²) in [5.41, 5.74) is 1.31. The number of nitrogens with one attached hydrogen (secondary N) is 1. The van der Waals surface area contributed by atoms with Crippen molar-refractivity contribution in [3.8, 4) is 17.2 Å². The van der Waals surface area contributed by atoms with Crippen molar-refractivity contribution >= 4 is 33.0 Å². The van der Waals surface area contributed by atoms with Crippen LogP contribution in [0.2, 0.25) is 5.02 Å². The standard InChI is InChI=1S/C23H22ClNO5S/c1-16-3-10-20(11-4-16)31(27,28)14-13-23(26)25-21-15-17(24)5-12-22(21)30-19-8-6-18(29-2)7-9-19/h3-12,15H,13-14H2,1-2H3,(H,25,26). The Hall–Kier alpha value is -3.03. The lowest BCUT2D eigenvalue weighted by Gasteiger charge is -2.13. The Balaban J connectivity index is 1.69. The third kappa shape index (κ3) is 6.23. The highest BCUT2D eigenvalue weighted by Crippen LogP contribution is 2.33. The molecule has 0 spiro atoms. The molecule has 0 heterocycles. The number of amides is 1. The van der Waals surface area contributed by atoms with E-state index >= 15 is 0 Å². The van der Waals surface area contributed by atoms with Gasteiger partial charge in [0.2, 0.25) is 5.91 Å². The Kier molecular flexibility index (Phi) is 7.20. The Morgan fingerprint density at radius 1 is 0.968 bits per heavy atom. The topological polar surface area (TPSA) is 81.7 Å². The highest BCUT2D eigenvalue weighted by Gasteiger charge is 2.17. The van der Waals surface area contributed by atoms with E-state index < -0.39 is 15.7 Å². The van der Waals surface area contributed by atoms with Crippen LogP contribution in [-0.4, -0.2) is 27.2 Å². The summed E-state index contributed by atoms with van der Waals surface area (Å²) < 4.78 is 35.9. The summed E-state index contributed by atoms with van der Waals surface area (Å²) in [5, 5.41) is 3.10. The second kappa shape index (κ2) is 9.85. The average molecular weight is 460 g/mol. The molecule has 0 aromatic heterocycles. The van der Waals surface area contributed by atoms with Crippen molar-refractivity contribution in [1.29, 1.82) is 0 Å². The first-order valence-corrected chi connectivity index (χ1v) is 11.5. The van der Waals surface area contributed by atoms with Crippen molar-refractivity contribution in [2.24, 2.45) is 0 Å². The Morgan fingerprint density at radius 2 is 1.61 bits per heavy atom. The Morgan fingerprint density at radius 3 is 2.26 bits per heavy atom. The van der Waals surface area contributed by atoms with Crippen LogP contribution in [0.5, 0.6) is 17.2 Å². The van der Waals surface area contributed by atoms with Gasteiger partial charge in [-0.1, -0.05) is 29.3 Å². The summed E-state index contributed by atoms with van der Waals surface area (Å²) in [6.45, 7) is 1.88. The predicted molar refractivity (Wildman–Crippen MR) is 121 cm³/mol. The molecule has 0 radical (unpaired) electrons. The highest BCUT2D eigenvalue weighted by atomic mass is 35.5. The molecule has 1 amide bonds. The molecule has 0 aliphatic heterocycles. The fourth-order valence-electron chi connectivity index (χ4n) is 2.76. The number of aryl methyl sites for hydroxylation is 1. The number of hydrogen-bond donors (Lipinski definition) is 1. The van der Waals surface area contributed by atoms with E-state index in [9.17, 15) is 13.2 Å². The minimum absolute atomic E-state index is 0.192. The number of benzene rings is 3. The number of hydrogen-bond acceptors (Lipinski definition) is 5. The molecule has 162 valence electrons. The molecule has 0 aliphatic rings. The molecular weight excluding hydrogens is 438 g/mol. The maximum atomic E-state index is 12.5. The number of methoxy groups -OCH3 is 1. The van der Waals surface area contributed by atoms with Crippen molar-refractivity contribution in [3.05, 3.63) is 77.3 Å². The molecule has 8 heteroatoms. The lowest BCUT2D eigenvalue weighted by atomic mass is 10.2. The number of halogens is 1. The number of ether oxygens (including phenoxy) is 2. The van der Waals surface area contributed by atoms with Gasteiger partial charge in [0.05, 0.1) is 23.4 Å². The first kappa shape index (κ1) is 22.7. The zero-order chi connectivity index (χ0) is 22.4. The molecule has 0 aliphatic carbocycles. The summed E-state index contributed by atoms with van der Waals surface area (Å²) in [5.74, 6) is 0.839. The van der Waals surface area contributed by atoms with E-state index in [0.717, 1.165) is 5.56 Å². The number of sulfone groups is 1. The van der Waals surface area contributed by atoms with Gasteiger partial charge >= 0.3 is 0 Å². The van der Waals surface area contributed by atoms with E-state index in [1.165, 1.54) is 0 Å². The summed E-state index contributed by atoms with van der Waals surface area (Å²) in [7, 11) is -2.00. The minimum Gasteiger partial charge on any atom is -0.497 e. The van der Waals surface area contributed by atoms with Gasteiger partial charge in [-0.3, -0.25) is 4.79 Å². The van der Waals surface area contributed by atoms with E-state index in [1.54, 1.807) is 73.8 Å². The SMILES string of the molecule is COc1ccc(Oc2ccc(Cl)cc2NC(=O)CCS(=O)(=O)c2ccc(C)cc2)cc1. The maximum Gasteiger partial charge on any atom is 0.225 e. The normalized spacial score (nSPS) is 11.1. The van der Waals surface area contributed by atoms with E-state index in [0.29, 0.717) is 28.0 Å². The first-order chi connectivity index (χ1) is 14.8. The van der Waals surface area contributed by atoms with Gasteiger partial charge in [-0.25, -0.2) is 8.42 Å². The molecule has 6 nitrogen and oxygen atoms in total. The summed E-state index contributed by atoms with van der Waals surface area (Å²) >= 11 is 6.07. The molecule has 3 rings (SSSR count). The van der Waals surface area contributed by atoms with Crippen molar-refractivity contribution < 1.29 is 22.7 Å². The van der Waals surface area contributed by atoms with Gasteiger partial charge in [0.25, 0.3) is 0 Å².